The number of aromatic nitrogens is 2. The predicted molar refractivity (Wildman–Crippen MR) is 166 cm³/mol. The first kappa shape index (κ1) is 29.1. The lowest BCUT2D eigenvalue weighted by Gasteiger charge is -2.29. The summed E-state index contributed by atoms with van der Waals surface area (Å²) in [4.78, 5) is 18.4. The van der Waals surface area contributed by atoms with Crippen LogP contribution < -0.4 is 19.7 Å². The SMILES string of the molecule is COc1ccc(N2C(=S)N[C@@H](c3ccccn3)[C@H]2c2cc(C)n(-c3cc(C(=O)O)ccc3C)c2C)cc1NS(C)(=O)=O. The van der Waals surface area contributed by atoms with Crippen molar-refractivity contribution in [1.82, 2.24) is 14.9 Å². The summed E-state index contributed by atoms with van der Waals surface area (Å²) in [5, 5.41) is 13.5. The normalized spacial score (nSPS) is 16.8. The van der Waals surface area contributed by atoms with E-state index >= 15 is 0 Å². The van der Waals surface area contributed by atoms with Gasteiger partial charge in [-0.2, -0.15) is 0 Å². The number of thiocarbonyl (C=S) groups is 1. The highest BCUT2D eigenvalue weighted by Crippen LogP contribution is 2.45. The van der Waals surface area contributed by atoms with Crippen molar-refractivity contribution in [3.05, 3.63) is 101 Å². The minimum Gasteiger partial charge on any atom is -0.495 e. The Hall–Kier alpha value is -4.42. The first-order chi connectivity index (χ1) is 19.9. The Morgan fingerprint density at radius 1 is 1.10 bits per heavy atom. The number of hydrogen-bond acceptors (Lipinski definition) is 6. The molecule has 0 aliphatic carbocycles. The van der Waals surface area contributed by atoms with E-state index in [1.54, 1.807) is 36.5 Å². The van der Waals surface area contributed by atoms with E-state index in [9.17, 15) is 18.3 Å². The monoisotopic (exact) mass is 605 g/mol. The van der Waals surface area contributed by atoms with Crippen molar-refractivity contribution >= 4 is 44.7 Å². The number of anilines is 2. The molecule has 3 N–H and O–H groups in total. The Labute approximate surface area is 250 Å². The van der Waals surface area contributed by atoms with Crippen molar-refractivity contribution in [3.8, 4) is 11.4 Å². The van der Waals surface area contributed by atoms with E-state index in [-0.39, 0.29) is 23.3 Å². The van der Waals surface area contributed by atoms with Crippen molar-refractivity contribution in [2.45, 2.75) is 32.9 Å². The highest BCUT2D eigenvalue weighted by Gasteiger charge is 2.42. The number of carbonyl (C=O) groups is 1. The van der Waals surface area contributed by atoms with Gasteiger partial charge in [0, 0.05) is 29.0 Å². The summed E-state index contributed by atoms with van der Waals surface area (Å²) < 4.78 is 34.3. The van der Waals surface area contributed by atoms with Gasteiger partial charge in [-0.3, -0.25) is 9.71 Å². The molecule has 1 fully saturated rings. The molecule has 5 rings (SSSR count). The second kappa shape index (κ2) is 11.1. The number of pyridine rings is 1. The Morgan fingerprint density at radius 3 is 2.50 bits per heavy atom. The Balaban J connectivity index is 1.70. The van der Waals surface area contributed by atoms with Gasteiger partial charge in [-0.15, -0.1) is 0 Å². The lowest BCUT2D eigenvalue weighted by atomic mass is 9.96. The maximum atomic E-state index is 12.1. The topological polar surface area (TPSA) is 126 Å². The van der Waals surface area contributed by atoms with Gasteiger partial charge in [0.25, 0.3) is 0 Å². The first-order valence-electron chi connectivity index (χ1n) is 13.1. The zero-order valence-electron chi connectivity index (χ0n) is 23.7. The Kier molecular flexibility index (Phi) is 7.69. The van der Waals surface area contributed by atoms with Crippen LogP contribution in [0.5, 0.6) is 5.75 Å². The lowest BCUT2D eigenvalue weighted by molar-refractivity contribution is 0.0696. The van der Waals surface area contributed by atoms with Crippen molar-refractivity contribution in [1.29, 1.82) is 0 Å². The largest absolute Gasteiger partial charge is 0.495 e. The second-order valence-corrected chi connectivity index (χ2v) is 12.4. The number of nitrogens with one attached hydrogen (secondary N) is 2. The van der Waals surface area contributed by atoms with Gasteiger partial charge in [0.1, 0.15) is 5.75 Å². The molecule has 0 radical (unpaired) electrons. The zero-order valence-corrected chi connectivity index (χ0v) is 25.4. The van der Waals surface area contributed by atoms with Crippen LogP contribution in [0.2, 0.25) is 0 Å². The third-order valence-corrected chi connectivity index (χ3v) is 8.25. The summed E-state index contributed by atoms with van der Waals surface area (Å²) in [7, 11) is -2.12. The van der Waals surface area contributed by atoms with Gasteiger partial charge in [0.15, 0.2) is 5.11 Å². The van der Waals surface area contributed by atoms with E-state index < -0.39 is 16.0 Å². The van der Waals surface area contributed by atoms with Crippen molar-refractivity contribution in [3.63, 3.8) is 0 Å². The fourth-order valence-electron chi connectivity index (χ4n) is 5.52. The average Bonchev–Trinajstić information content (AvgIpc) is 3.43. The van der Waals surface area contributed by atoms with E-state index in [4.69, 9.17) is 17.0 Å². The molecule has 1 aliphatic heterocycles. The van der Waals surface area contributed by atoms with Crippen LogP contribution in [0.4, 0.5) is 11.4 Å². The molecule has 2 atom stereocenters. The minimum atomic E-state index is -3.59. The van der Waals surface area contributed by atoms with Gasteiger partial charge in [0.2, 0.25) is 10.0 Å². The predicted octanol–water partition coefficient (Wildman–Crippen LogP) is 5.05. The van der Waals surface area contributed by atoms with Crippen LogP contribution in [0.15, 0.2) is 66.9 Å². The number of carboxylic acid groups (broad SMARTS) is 1. The number of nitrogens with zero attached hydrogens (tertiary/aromatic N) is 3. The quantitative estimate of drug-likeness (QED) is 0.237. The fourth-order valence-corrected chi connectivity index (χ4v) is 6.42. The number of ether oxygens (including phenoxy) is 1. The van der Waals surface area contributed by atoms with Gasteiger partial charge >= 0.3 is 5.97 Å². The molecule has 2 aromatic carbocycles. The molecular formula is C30H31N5O5S2. The van der Waals surface area contributed by atoms with E-state index in [1.807, 2.05) is 49.9 Å². The molecule has 0 unspecified atom stereocenters. The number of aromatic carboxylic acids is 1. The maximum Gasteiger partial charge on any atom is 0.335 e. The van der Waals surface area contributed by atoms with Crippen molar-refractivity contribution in [2.24, 2.45) is 0 Å². The summed E-state index contributed by atoms with van der Waals surface area (Å²) in [6.07, 6.45) is 2.81. The van der Waals surface area contributed by atoms with Crippen molar-refractivity contribution < 1.29 is 23.1 Å². The van der Waals surface area contributed by atoms with Gasteiger partial charge in [-0.05, 0) is 92.6 Å². The van der Waals surface area contributed by atoms with E-state index in [0.29, 0.717) is 16.5 Å². The highest BCUT2D eigenvalue weighted by molar-refractivity contribution is 7.92. The van der Waals surface area contributed by atoms with E-state index in [2.05, 4.69) is 25.7 Å². The van der Waals surface area contributed by atoms with Crippen LogP contribution in [0.1, 0.15) is 50.7 Å². The summed E-state index contributed by atoms with van der Waals surface area (Å²) in [5.41, 5.74) is 6.39. The molecule has 0 saturated carbocycles. The van der Waals surface area contributed by atoms with Crippen LogP contribution >= 0.6 is 12.2 Å². The molecule has 0 bridgehead atoms. The molecule has 12 heteroatoms. The molecule has 1 aliphatic rings. The summed E-state index contributed by atoms with van der Waals surface area (Å²) >= 11 is 5.88. The van der Waals surface area contributed by atoms with Gasteiger partial charge in [0.05, 0.1) is 42.4 Å². The van der Waals surface area contributed by atoms with E-state index in [1.165, 1.54) is 7.11 Å². The van der Waals surface area contributed by atoms with Gasteiger partial charge in [-0.25, -0.2) is 13.2 Å². The van der Waals surface area contributed by atoms with Gasteiger partial charge < -0.3 is 24.6 Å². The standard InChI is InChI=1S/C30H31N5O5S2/c1-17-9-10-20(29(36)37)15-25(17)34-18(2)14-22(19(34)3)28-27(23-8-6-7-13-31-23)32-30(41)35(28)21-11-12-26(40-4)24(16-21)33-42(5,38)39/h6-16,27-28,33H,1-5H3,(H,32,41)(H,36,37)/t27-,28+/m0/s1. The third-order valence-electron chi connectivity index (χ3n) is 7.34. The average molecular weight is 606 g/mol. The molecular weight excluding hydrogens is 574 g/mol. The Morgan fingerprint density at radius 2 is 1.86 bits per heavy atom. The third kappa shape index (κ3) is 5.42. The summed E-state index contributed by atoms with van der Waals surface area (Å²) in [5.74, 6) is -0.629. The Bertz CT molecular complexity index is 1800. The second-order valence-electron chi connectivity index (χ2n) is 10.2. The van der Waals surface area contributed by atoms with Crippen molar-refractivity contribution in [2.75, 3.05) is 23.0 Å². The molecule has 4 aromatic rings. The number of aryl methyl sites for hydroxylation is 2. The first-order valence-corrected chi connectivity index (χ1v) is 15.4. The zero-order chi connectivity index (χ0) is 30.3. The number of methoxy groups -OCH3 is 1. The molecule has 218 valence electrons. The van der Waals surface area contributed by atoms with Crippen LogP contribution in [-0.2, 0) is 10.0 Å². The molecule has 2 aromatic heterocycles. The van der Waals surface area contributed by atoms with Gasteiger partial charge in [-0.1, -0.05) is 12.1 Å². The molecule has 0 spiro atoms. The van der Waals surface area contributed by atoms with Crippen LogP contribution in [0.3, 0.4) is 0 Å². The number of rotatable bonds is 8. The van der Waals surface area contributed by atoms with Crippen LogP contribution in [0, 0.1) is 20.8 Å². The smallest absolute Gasteiger partial charge is 0.335 e. The molecule has 42 heavy (non-hydrogen) atoms. The number of sulfonamides is 1. The summed E-state index contributed by atoms with van der Waals surface area (Å²) in [6, 6.07) is 17.3. The van der Waals surface area contributed by atoms with Crippen LogP contribution in [-0.4, -0.2) is 47.5 Å². The van der Waals surface area contributed by atoms with E-state index in [0.717, 1.165) is 40.2 Å². The summed E-state index contributed by atoms with van der Waals surface area (Å²) in [6.45, 7) is 5.92. The molecule has 0 amide bonds. The van der Waals surface area contributed by atoms with Crippen LogP contribution in [0.25, 0.3) is 5.69 Å². The highest BCUT2D eigenvalue weighted by atomic mass is 32.2. The number of carboxylic acids is 1. The molecule has 1 saturated heterocycles. The minimum absolute atomic E-state index is 0.200. The fraction of sp³-hybridized carbons (Fsp3) is 0.233. The molecule has 3 heterocycles. The maximum absolute atomic E-state index is 12.1. The molecule has 10 nitrogen and oxygen atoms in total. The number of hydrogen-bond donors (Lipinski definition) is 3. The number of benzene rings is 2. The lowest BCUT2D eigenvalue weighted by Crippen LogP contribution is -2.29.